The predicted molar refractivity (Wildman–Crippen MR) is 102 cm³/mol. The van der Waals surface area contributed by atoms with Gasteiger partial charge in [-0.15, -0.1) is 0 Å². The van der Waals surface area contributed by atoms with Gasteiger partial charge in [0.2, 0.25) is 0 Å². The lowest BCUT2D eigenvalue weighted by atomic mass is 10.0. The molecule has 1 atom stereocenters. The topological polar surface area (TPSA) is 62.2 Å². The highest BCUT2D eigenvalue weighted by Gasteiger charge is 2.17. The van der Waals surface area contributed by atoms with E-state index in [1.54, 1.807) is 11.8 Å². The number of amides is 1. The third-order valence-electron chi connectivity index (χ3n) is 3.86. The fourth-order valence-electron chi connectivity index (χ4n) is 2.67. The van der Waals surface area contributed by atoms with Crippen LogP contribution in [-0.4, -0.2) is 40.7 Å². The fraction of sp³-hybridized carbons (Fsp3) is 0.474. The quantitative estimate of drug-likeness (QED) is 0.770. The van der Waals surface area contributed by atoms with E-state index in [1.165, 1.54) is 0 Å². The van der Waals surface area contributed by atoms with Gasteiger partial charge in [-0.25, -0.2) is 0 Å². The second-order valence-electron chi connectivity index (χ2n) is 6.41. The molecule has 1 amide bonds. The summed E-state index contributed by atoms with van der Waals surface area (Å²) in [7, 11) is 0. The Hall–Kier alpha value is -1.59. The number of aromatic nitrogens is 1. The Morgan fingerprint density at radius 3 is 2.75 bits per heavy atom. The van der Waals surface area contributed by atoms with Crippen molar-refractivity contribution in [1.82, 2.24) is 10.3 Å². The van der Waals surface area contributed by atoms with Crippen molar-refractivity contribution in [2.45, 2.75) is 32.7 Å². The smallest absolute Gasteiger partial charge is 0.252 e. The zero-order chi connectivity index (χ0) is 17.5. The number of nitrogens with one attached hydrogen (secondary N) is 1. The average Bonchev–Trinajstić information content (AvgIpc) is 2.57. The van der Waals surface area contributed by atoms with E-state index in [0.29, 0.717) is 11.5 Å². The van der Waals surface area contributed by atoms with Gasteiger partial charge >= 0.3 is 0 Å². The van der Waals surface area contributed by atoms with E-state index in [-0.39, 0.29) is 18.6 Å². The highest BCUT2D eigenvalue weighted by molar-refractivity contribution is 7.98. The van der Waals surface area contributed by atoms with Crippen LogP contribution in [0.2, 0.25) is 0 Å². The van der Waals surface area contributed by atoms with E-state index in [2.05, 4.69) is 24.1 Å². The number of hydrogen-bond acceptors (Lipinski definition) is 4. The molecule has 2 rings (SSSR count). The number of benzene rings is 1. The monoisotopic (exact) mass is 346 g/mol. The first kappa shape index (κ1) is 18.7. The molecule has 0 aliphatic heterocycles. The summed E-state index contributed by atoms with van der Waals surface area (Å²) in [4.78, 5) is 17.4. The average molecular weight is 346 g/mol. The molecule has 0 aliphatic rings. The molecule has 1 aromatic carbocycles. The summed E-state index contributed by atoms with van der Waals surface area (Å²) in [6, 6.07) is 9.39. The fourth-order valence-corrected chi connectivity index (χ4v) is 3.19. The number of aliphatic hydroxyl groups excluding tert-OH is 1. The molecule has 0 radical (unpaired) electrons. The molecule has 0 bridgehead atoms. The molecular weight excluding hydrogens is 320 g/mol. The van der Waals surface area contributed by atoms with Gasteiger partial charge in [0.1, 0.15) is 0 Å². The third-order valence-corrected chi connectivity index (χ3v) is 4.50. The first-order valence-corrected chi connectivity index (χ1v) is 9.73. The number of nitrogens with zero attached hydrogens (tertiary/aromatic N) is 1. The Morgan fingerprint density at radius 1 is 1.33 bits per heavy atom. The first-order chi connectivity index (χ1) is 11.5. The minimum Gasteiger partial charge on any atom is -0.394 e. The van der Waals surface area contributed by atoms with Crippen molar-refractivity contribution in [2.24, 2.45) is 5.92 Å². The van der Waals surface area contributed by atoms with E-state index in [1.807, 2.05) is 36.6 Å². The van der Waals surface area contributed by atoms with Crippen LogP contribution in [0.25, 0.3) is 10.9 Å². The maximum absolute atomic E-state index is 12.8. The highest BCUT2D eigenvalue weighted by Crippen LogP contribution is 2.20. The lowest BCUT2D eigenvalue weighted by Crippen LogP contribution is -2.38. The third kappa shape index (κ3) is 4.95. The summed E-state index contributed by atoms with van der Waals surface area (Å²) >= 11 is 1.71. The van der Waals surface area contributed by atoms with Crippen molar-refractivity contribution in [3.63, 3.8) is 0 Å². The molecular formula is C19H26N2O2S. The minimum atomic E-state index is -0.217. The zero-order valence-corrected chi connectivity index (χ0v) is 15.4. The van der Waals surface area contributed by atoms with E-state index in [0.717, 1.165) is 35.2 Å². The molecule has 2 aromatic rings. The van der Waals surface area contributed by atoms with E-state index < -0.39 is 0 Å². The van der Waals surface area contributed by atoms with E-state index in [9.17, 15) is 9.90 Å². The minimum absolute atomic E-state index is 0.0475. The molecule has 1 heterocycles. The number of rotatable bonds is 8. The normalized spacial score (nSPS) is 12.5. The summed E-state index contributed by atoms with van der Waals surface area (Å²) in [5.41, 5.74) is 2.41. The number of thioether (sulfide) groups is 1. The van der Waals surface area contributed by atoms with Gasteiger partial charge in [-0.3, -0.25) is 9.78 Å². The molecule has 0 saturated carbocycles. The van der Waals surface area contributed by atoms with Crippen molar-refractivity contribution in [3.8, 4) is 0 Å². The first-order valence-electron chi connectivity index (χ1n) is 8.34. The SMILES string of the molecule is CSCC[C@@H](CO)NC(=O)c1cc(CC(C)C)nc2ccccc12. The standard InChI is InChI=1S/C19H26N2O2S/c1-13(2)10-15-11-17(16-6-4-5-7-18(16)20-15)19(23)21-14(12-22)8-9-24-3/h4-7,11,13-14,22H,8-10,12H2,1-3H3,(H,21,23)/t14-/m0/s1. The molecule has 4 nitrogen and oxygen atoms in total. The van der Waals surface area contributed by atoms with Gasteiger partial charge in [0.05, 0.1) is 23.7 Å². The largest absolute Gasteiger partial charge is 0.394 e. The Kier molecular flexibility index (Phi) is 7.06. The van der Waals surface area contributed by atoms with Crippen LogP contribution >= 0.6 is 11.8 Å². The summed E-state index contributed by atoms with van der Waals surface area (Å²) in [5.74, 6) is 1.24. The molecule has 0 fully saturated rings. The van der Waals surface area contributed by atoms with Crippen LogP contribution in [0.5, 0.6) is 0 Å². The van der Waals surface area contributed by atoms with Crippen LogP contribution in [0.3, 0.4) is 0 Å². The molecule has 5 heteroatoms. The molecule has 24 heavy (non-hydrogen) atoms. The number of carbonyl (C=O) groups excluding carboxylic acids is 1. The van der Waals surface area contributed by atoms with Crippen LogP contribution in [0, 0.1) is 5.92 Å². The maximum atomic E-state index is 12.8. The van der Waals surface area contributed by atoms with Crippen LogP contribution in [-0.2, 0) is 6.42 Å². The number of hydrogen-bond donors (Lipinski definition) is 2. The molecule has 1 aromatic heterocycles. The predicted octanol–water partition coefficient (Wildman–Crippen LogP) is 3.28. The van der Waals surface area contributed by atoms with Crippen LogP contribution in [0.4, 0.5) is 0 Å². The van der Waals surface area contributed by atoms with Crippen molar-refractivity contribution in [3.05, 3.63) is 41.6 Å². The number of pyridine rings is 1. The molecule has 0 aliphatic carbocycles. The maximum Gasteiger partial charge on any atom is 0.252 e. The lowest BCUT2D eigenvalue weighted by molar-refractivity contribution is 0.0917. The summed E-state index contributed by atoms with van der Waals surface area (Å²) < 4.78 is 0. The van der Waals surface area contributed by atoms with E-state index >= 15 is 0 Å². The van der Waals surface area contributed by atoms with Gasteiger partial charge in [-0.2, -0.15) is 11.8 Å². The molecule has 0 spiro atoms. The van der Waals surface area contributed by atoms with Gasteiger partial charge in [-0.1, -0.05) is 32.0 Å². The summed E-state index contributed by atoms with van der Waals surface area (Å²) in [5, 5.41) is 13.3. The van der Waals surface area contributed by atoms with Gasteiger partial charge in [0.15, 0.2) is 0 Å². The second kappa shape index (κ2) is 9.04. The zero-order valence-electron chi connectivity index (χ0n) is 14.6. The van der Waals surface area contributed by atoms with Crippen molar-refractivity contribution < 1.29 is 9.90 Å². The molecule has 0 saturated heterocycles. The second-order valence-corrected chi connectivity index (χ2v) is 7.40. The summed E-state index contributed by atoms with van der Waals surface area (Å²) in [6.07, 6.45) is 3.61. The van der Waals surface area contributed by atoms with Crippen LogP contribution in [0.1, 0.15) is 36.3 Å². The van der Waals surface area contributed by atoms with Crippen LogP contribution in [0.15, 0.2) is 30.3 Å². The Balaban J connectivity index is 2.32. The van der Waals surface area contributed by atoms with Gasteiger partial charge in [0, 0.05) is 11.1 Å². The molecule has 130 valence electrons. The number of carbonyl (C=O) groups is 1. The highest BCUT2D eigenvalue weighted by atomic mass is 32.2. The number of para-hydroxylation sites is 1. The Morgan fingerprint density at radius 2 is 2.08 bits per heavy atom. The van der Waals surface area contributed by atoms with Gasteiger partial charge < -0.3 is 10.4 Å². The Labute approximate surface area is 148 Å². The molecule has 2 N–H and O–H groups in total. The lowest BCUT2D eigenvalue weighted by Gasteiger charge is -2.17. The van der Waals surface area contributed by atoms with Gasteiger partial charge in [0.25, 0.3) is 5.91 Å². The Bertz CT molecular complexity index is 688. The summed E-state index contributed by atoms with van der Waals surface area (Å²) in [6.45, 7) is 4.23. The molecule has 0 unspecified atom stereocenters. The van der Waals surface area contributed by atoms with Crippen molar-refractivity contribution in [2.75, 3.05) is 18.6 Å². The van der Waals surface area contributed by atoms with Crippen molar-refractivity contribution >= 4 is 28.6 Å². The van der Waals surface area contributed by atoms with Gasteiger partial charge in [-0.05, 0) is 42.9 Å². The van der Waals surface area contributed by atoms with Crippen LogP contribution < -0.4 is 5.32 Å². The number of aliphatic hydroxyl groups is 1. The van der Waals surface area contributed by atoms with Crippen molar-refractivity contribution in [1.29, 1.82) is 0 Å². The van der Waals surface area contributed by atoms with E-state index in [4.69, 9.17) is 0 Å². The number of fused-ring (bicyclic) bond motifs is 1.